The summed E-state index contributed by atoms with van der Waals surface area (Å²) in [6.45, 7) is 5.32. The zero-order valence-corrected chi connectivity index (χ0v) is 8.93. The van der Waals surface area contributed by atoms with Crippen LogP contribution in [0.1, 0.15) is 20.8 Å². The van der Waals surface area contributed by atoms with Crippen LogP contribution in [0.25, 0.3) is 0 Å². The highest BCUT2D eigenvalue weighted by molar-refractivity contribution is 5.80. The Morgan fingerprint density at radius 1 is 1.33 bits per heavy atom. The Hall–Kier alpha value is -1.30. The van der Waals surface area contributed by atoms with Crippen LogP contribution in [-0.4, -0.2) is 46.1 Å². The lowest BCUT2D eigenvalue weighted by Crippen LogP contribution is -2.49. The Morgan fingerprint density at radius 2 is 1.87 bits per heavy atom. The number of hydrogen-bond donors (Lipinski definition) is 2. The highest BCUT2D eigenvalue weighted by atomic mass is 16.5. The Labute approximate surface area is 87.4 Å². The van der Waals surface area contributed by atoms with Crippen LogP contribution in [0.4, 0.5) is 4.79 Å². The maximum Gasteiger partial charge on any atom is 0.410 e. The third-order valence-electron chi connectivity index (χ3n) is 2.25. The van der Waals surface area contributed by atoms with Crippen molar-refractivity contribution in [3.05, 3.63) is 0 Å². The lowest BCUT2D eigenvalue weighted by molar-refractivity contribution is -0.142. The van der Waals surface area contributed by atoms with Crippen molar-refractivity contribution in [1.82, 2.24) is 4.90 Å². The number of hydrogen-bond acceptors (Lipinski definition) is 3. The molecule has 0 spiro atoms. The lowest BCUT2D eigenvalue weighted by Gasteiger charge is -2.32. The molecule has 1 saturated heterocycles. The first-order chi connectivity index (χ1) is 6.75. The van der Waals surface area contributed by atoms with E-state index in [1.165, 1.54) is 0 Å². The Bertz CT molecular complexity index is 283. The highest BCUT2D eigenvalue weighted by Crippen LogP contribution is 2.31. The van der Waals surface area contributed by atoms with Crippen LogP contribution in [-0.2, 0) is 9.53 Å². The molecular weight excluding hydrogens is 202 g/mol. The molecule has 0 bridgehead atoms. The fourth-order valence-corrected chi connectivity index (χ4v) is 1.60. The van der Waals surface area contributed by atoms with Gasteiger partial charge in [-0.2, -0.15) is 0 Å². The fourth-order valence-electron chi connectivity index (χ4n) is 1.60. The standard InChI is InChI=1S/C9H15NO5/c1-9(2,3)7-10(8(13)14)5(4-15-7)6(11)12/h5,7H,4H2,1-3H3,(H,11,12)(H,13,14)/t5-,7+/m0/s1. The molecule has 0 radical (unpaired) electrons. The van der Waals surface area contributed by atoms with E-state index in [0.717, 1.165) is 4.90 Å². The van der Waals surface area contributed by atoms with Crippen LogP contribution in [0.5, 0.6) is 0 Å². The van der Waals surface area contributed by atoms with Crippen LogP contribution in [0, 0.1) is 5.41 Å². The molecule has 0 aromatic rings. The molecule has 1 heterocycles. The second-order valence-corrected chi connectivity index (χ2v) is 4.60. The minimum atomic E-state index is -1.26. The van der Waals surface area contributed by atoms with Crippen molar-refractivity contribution in [3.8, 4) is 0 Å². The first kappa shape index (κ1) is 11.8. The van der Waals surface area contributed by atoms with Crippen molar-refractivity contribution in [2.24, 2.45) is 5.41 Å². The van der Waals surface area contributed by atoms with Gasteiger partial charge in [0, 0.05) is 5.41 Å². The van der Waals surface area contributed by atoms with Crippen molar-refractivity contribution < 1.29 is 24.5 Å². The number of carboxylic acids is 1. The summed E-state index contributed by atoms with van der Waals surface area (Å²) in [5.74, 6) is -1.18. The third-order valence-corrected chi connectivity index (χ3v) is 2.25. The van der Waals surface area contributed by atoms with E-state index in [9.17, 15) is 9.59 Å². The molecule has 0 aromatic carbocycles. The molecule has 1 rings (SSSR count). The number of rotatable bonds is 1. The van der Waals surface area contributed by atoms with Crippen molar-refractivity contribution in [2.75, 3.05) is 6.61 Å². The number of aliphatic carboxylic acids is 1. The molecule has 6 heteroatoms. The molecule has 0 unspecified atom stereocenters. The summed E-state index contributed by atoms with van der Waals surface area (Å²) in [4.78, 5) is 22.6. The van der Waals surface area contributed by atoms with Crippen LogP contribution >= 0.6 is 0 Å². The first-order valence-corrected chi connectivity index (χ1v) is 4.61. The number of carbonyl (C=O) groups is 2. The van der Waals surface area contributed by atoms with Gasteiger partial charge >= 0.3 is 12.1 Å². The summed E-state index contributed by atoms with van der Waals surface area (Å²) in [7, 11) is 0. The molecule has 15 heavy (non-hydrogen) atoms. The van der Waals surface area contributed by atoms with E-state index in [1.807, 2.05) is 0 Å². The Balaban J connectivity index is 2.95. The predicted molar refractivity (Wildman–Crippen MR) is 50.5 cm³/mol. The Morgan fingerprint density at radius 3 is 2.20 bits per heavy atom. The van der Waals surface area contributed by atoms with Gasteiger partial charge in [0.1, 0.15) is 6.23 Å². The minimum Gasteiger partial charge on any atom is -0.480 e. The maximum absolute atomic E-state index is 11.0. The summed E-state index contributed by atoms with van der Waals surface area (Å²) in [5.41, 5.74) is -0.442. The summed E-state index contributed by atoms with van der Waals surface area (Å²) in [6, 6.07) is -1.10. The zero-order valence-electron chi connectivity index (χ0n) is 8.93. The van der Waals surface area contributed by atoms with E-state index >= 15 is 0 Å². The van der Waals surface area contributed by atoms with Gasteiger partial charge in [-0.3, -0.25) is 4.90 Å². The van der Waals surface area contributed by atoms with E-state index in [1.54, 1.807) is 20.8 Å². The van der Waals surface area contributed by atoms with Gasteiger partial charge in [0.15, 0.2) is 6.04 Å². The van der Waals surface area contributed by atoms with Crippen LogP contribution in [0.2, 0.25) is 0 Å². The molecule has 1 amide bonds. The second-order valence-electron chi connectivity index (χ2n) is 4.60. The molecule has 1 aliphatic rings. The smallest absolute Gasteiger partial charge is 0.410 e. The van der Waals surface area contributed by atoms with Crippen molar-refractivity contribution in [3.63, 3.8) is 0 Å². The topological polar surface area (TPSA) is 87.1 Å². The molecule has 0 aromatic heterocycles. The summed E-state index contributed by atoms with van der Waals surface area (Å²) < 4.78 is 5.23. The Kier molecular flexibility index (Phi) is 2.90. The van der Waals surface area contributed by atoms with Crippen LogP contribution in [0.3, 0.4) is 0 Å². The van der Waals surface area contributed by atoms with Crippen LogP contribution < -0.4 is 0 Å². The number of ether oxygens (including phenoxy) is 1. The second kappa shape index (κ2) is 3.69. The summed E-state index contributed by atoms with van der Waals surface area (Å²) >= 11 is 0. The zero-order chi connectivity index (χ0) is 11.8. The lowest BCUT2D eigenvalue weighted by atomic mass is 9.93. The quantitative estimate of drug-likeness (QED) is 0.679. The molecule has 2 N–H and O–H groups in total. The molecule has 0 saturated carbocycles. The minimum absolute atomic E-state index is 0.0937. The van der Waals surface area contributed by atoms with E-state index < -0.39 is 29.7 Å². The van der Waals surface area contributed by atoms with Crippen molar-refractivity contribution in [1.29, 1.82) is 0 Å². The SMILES string of the molecule is CC(C)(C)[C@H]1OC[C@@H](C(=O)O)N1C(=O)O. The average molecular weight is 217 g/mol. The third kappa shape index (κ3) is 2.20. The molecule has 0 aliphatic carbocycles. The van der Waals surface area contributed by atoms with Gasteiger partial charge in [-0.05, 0) is 0 Å². The van der Waals surface area contributed by atoms with E-state index in [4.69, 9.17) is 14.9 Å². The van der Waals surface area contributed by atoms with Gasteiger partial charge in [-0.25, -0.2) is 9.59 Å². The van der Waals surface area contributed by atoms with Crippen molar-refractivity contribution in [2.45, 2.75) is 33.0 Å². The number of amides is 1. The fraction of sp³-hybridized carbons (Fsp3) is 0.778. The van der Waals surface area contributed by atoms with Gasteiger partial charge in [-0.1, -0.05) is 20.8 Å². The molecular formula is C9H15NO5. The molecule has 2 atom stereocenters. The predicted octanol–water partition coefficient (Wildman–Crippen LogP) is 0.822. The molecule has 1 fully saturated rings. The highest BCUT2D eigenvalue weighted by Gasteiger charge is 2.47. The van der Waals surface area contributed by atoms with Crippen molar-refractivity contribution >= 4 is 12.1 Å². The van der Waals surface area contributed by atoms with E-state index in [-0.39, 0.29) is 6.61 Å². The summed E-state index contributed by atoms with van der Waals surface area (Å²) in [5, 5.41) is 17.8. The van der Waals surface area contributed by atoms with Gasteiger partial charge in [0.05, 0.1) is 6.61 Å². The number of carboxylic acid groups (broad SMARTS) is 2. The number of nitrogens with zero attached hydrogens (tertiary/aromatic N) is 1. The van der Waals surface area contributed by atoms with Gasteiger partial charge < -0.3 is 14.9 Å². The van der Waals surface area contributed by atoms with E-state index in [2.05, 4.69) is 0 Å². The monoisotopic (exact) mass is 217 g/mol. The van der Waals surface area contributed by atoms with Gasteiger partial charge in [0.2, 0.25) is 0 Å². The first-order valence-electron chi connectivity index (χ1n) is 4.61. The average Bonchev–Trinajstić information content (AvgIpc) is 2.45. The molecule has 1 aliphatic heterocycles. The van der Waals surface area contributed by atoms with Gasteiger partial charge in [-0.15, -0.1) is 0 Å². The summed E-state index contributed by atoms with van der Waals surface area (Å²) in [6.07, 6.45) is -1.98. The molecule has 6 nitrogen and oxygen atoms in total. The van der Waals surface area contributed by atoms with E-state index in [0.29, 0.717) is 0 Å². The largest absolute Gasteiger partial charge is 0.480 e. The maximum atomic E-state index is 11.0. The van der Waals surface area contributed by atoms with Gasteiger partial charge in [0.25, 0.3) is 0 Å². The normalized spacial score (nSPS) is 26.7. The van der Waals surface area contributed by atoms with Crippen LogP contribution in [0.15, 0.2) is 0 Å². The molecule has 86 valence electrons.